The zero-order valence-electron chi connectivity index (χ0n) is 13.8. The zero-order chi connectivity index (χ0) is 17.6. The number of benzene rings is 1. The molecular weight excluding hydrogens is 348 g/mol. The van der Waals surface area contributed by atoms with E-state index in [0.717, 1.165) is 19.4 Å². The molecule has 1 aliphatic heterocycles. The van der Waals surface area contributed by atoms with Crippen molar-refractivity contribution in [1.29, 1.82) is 0 Å². The van der Waals surface area contributed by atoms with Gasteiger partial charge >= 0.3 is 0 Å². The van der Waals surface area contributed by atoms with Crippen LogP contribution >= 0.6 is 11.6 Å². The van der Waals surface area contributed by atoms with E-state index in [1.165, 1.54) is 7.11 Å². The van der Waals surface area contributed by atoms with Gasteiger partial charge in [0.05, 0.1) is 13.2 Å². The van der Waals surface area contributed by atoms with Gasteiger partial charge in [0.2, 0.25) is 0 Å². The van der Waals surface area contributed by atoms with Crippen LogP contribution in [-0.2, 0) is 11.3 Å². The fourth-order valence-corrected chi connectivity index (χ4v) is 2.66. The fourth-order valence-electron chi connectivity index (χ4n) is 2.50. The summed E-state index contributed by atoms with van der Waals surface area (Å²) < 4.78 is 21.4. The van der Waals surface area contributed by atoms with Gasteiger partial charge in [0, 0.05) is 30.3 Å². The highest BCUT2D eigenvalue weighted by molar-refractivity contribution is 6.30. The minimum Gasteiger partial charge on any atom is -0.493 e. The predicted molar refractivity (Wildman–Crippen MR) is 90.1 cm³/mol. The lowest BCUT2D eigenvalue weighted by molar-refractivity contribution is 0.0850. The van der Waals surface area contributed by atoms with E-state index in [2.05, 4.69) is 10.5 Å². The number of carbonyl (C=O) groups is 1. The van der Waals surface area contributed by atoms with Crippen LogP contribution in [0.2, 0.25) is 5.02 Å². The molecule has 8 heteroatoms. The van der Waals surface area contributed by atoms with E-state index in [-0.39, 0.29) is 24.3 Å². The summed E-state index contributed by atoms with van der Waals surface area (Å²) in [4.78, 5) is 12.1. The molecule has 0 spiro atoms. The van der Waals surface area contributed by atoms with Gasteiger partial charge in [0.1, 0.15) is 6.61 Å². The quantitative estimate of drug-likeness (QED) is 0.811. The molecular formula is C17H19ClN2O5. The van der Waals surface area contributed by atoms with Crippen molar-refractivity contribution < 1.29 is 23.5 Å². The first-order valence-corrected chi connectivity index (χ1v) is 8.35. The van der Waals surface area contributed by atoms with Gasteiger partial charge in [0.25, 0.3) is 5.91 Å². The molecule has 0 bridgehead atoms. The molecule has 0 aliphatic carbocycles. The number of nitrogens with zero attached hydrogens (tertiary/aromatic N) is 1. The Labute approximate surface area is 150 Å². The monoisotopic (exact) mass is 366 g/mol. The lowest BCUT2D eigenvalue weighted by atomic mass is 10.2. The topological polar surface area (TPSA) is 82.8 Å². The van der Waals surface area contributed by atoms with Crippen molar-refractivity contribution in [1.82, 2.24) is 10.5 Å². The molecule has 0 radical (unpaired) electrons. The Balaban J connectivity index is 1.53. The number of nitrogens with one attached hydrogen (secondary N) is 1. The Hall–Kier alpha value is -2.25. The third-order valence-electron chi connectivity index (χ3n) is 3.80. The summed E-state index contributed by atoms with van der Waals surface area (Å²) in [6.07, 6.45) is 2.07. The maximum absolute atomic E-state index is 12.1. The summed E-state index contributed by atoms with van der Waals surface area (Å²) >= 11 is 5.91. The number of ether oxygens (including phenoxy) is 3. The maximum atomic E-state index is 12.1. The normalized spacial score (nSPS) is 16.6. The predicted octanol–water partition coefficient (Wildman–Crippen LogP) is 2.82. The van der Waals surface area contributed by atoms with E-state index >= 15 is 0 Å². The van der Waals surface area contributed by atoms with Crippen molar-refractivity contribution in [2.45, 2.75) is 25.6 Å². The van der Waals surface area contributed by atoms with Gasteiger partial charge in [-0.15, -0.1) is 0 Å². The van der Waals surface area contributed by atoms with Gasteiger partial charge in [-0.05, 0) is 25.0 Å². The van der Waals surface area contributed by atoms with Crippen LogP contribution in [0.15, 0.2) is 28.8 Å². The maximum Gasteiger partial charge on any atom is 0.273 e. The van der Waals surface area contributed by atoms with E-state index in [4.69, 9.17) is 30.3 Å². The molecule has 134 valence electrons. The number of carbonyl (C=O) groups excluding carboxylic acids is 1. The average Bonchev–Trinajstić information content (AvgIpc) is 3.30. The third-order valence-corrected chi connectivity index (χ3v) is 4.04. The van der Waals surface area contributed by atoms with E-state index in [1.54, 1.807) is 24.3 Å². The summed E-state index contributed by atoms with van der Waals surface area (Å²) in [5.74, 6) is 1.17. The number of rotatable bonds is 7. The Morgan fingerprint density at radius 1 is 1.40 bits per heavy atom. The highest BCUT2D eigenvalue weighted by Crippen LogP contribution is 2.30. The lowest BCUT2D eigenvalue weighted by Gasteiger charge is -2.09. The molecule has 2 heterocycles. The van der Waals surface area contributed by atoms with Crippen molar-refractivity contribution >= 4 is 17.5 Å². The number of amides is 1. The number of aromatic nitrogens is 1. The Bertz CT molecular complexity index is 728. The van der Waals surface area contributed by atoms with Crippen LogP contribution in [0.3, 0.4) is 0 Å². The summed E-state index contributed by atoms with van der Waals surface area (Å²) in [6, 6.07) is 6.60. The second kappa shape index (κ2) is 8.22. The molecule has 1 atom stereocenters. The highest BCUT2D eigenvalue weighted by Gasteiger charge is 2.18. The average molecular weight is 367 g/mol. The highest BCUT2D eigenvalue weighted by atomic mass is 35.5. The molecule has 2 aromatic rings. The smallest absolute Gasteiger partial charge is 0.273 e. The number of halogens is 1. The first-order chi connectivity index (χ1) is 12.2. The molecule has 1 amide bonds. The van der Waals surface area contributed by atoms with Crippen LogP contribution in [0.4, 0.5) is 0 Å². The number of hydrogen-bond donors (Lipinski definition) is 1. The van der Waals surface area contributed by atoms with Gasteiger partial charge in [0.15, 0.2) is 23.0 Å². The van der Waals surface area contributed by atoms with Gasteiger partial charge < -0.3 is 24.1 Å². The van der Waals surface area contributed by atoms with Crippen LogP contribution < -0.4 is 14.8 Å². The van der Waals surface area contributed by atoms with Crippen LogP contribution in [0.1, 0.15) is 29.1 Å². The second-order valence-electron chi connectivity index (χ2n) is 5.61. The van der Waals surface area contributed by atoms with Gasteiger partial charge in [-0.3, -0.25) is 4.79 Å². The van der Waals surface area contributed by atoms with E-state index in [1.807, 2.05) is 0 Å². The van der Waals surface area contributed by atoms with Crippen molar-refractivity contribution in [3.63, 3.8) is 0 Å². The molecule has 1 aromatic carbocycles. The van der Waals surface area contributed by atoms with Gasteiger partial charge in [-0.1, -0.05) is 16.8 Å². The molecule has 3 rings (SSSR count). The van der Waals surface area contributed by atoms with Crippen LogP contribution in [0.25, 0.3) is 0 Å². The zero-order valence-corrected chi connectivity index (χ0v) is 14.5. The molecule has 0 unspecified atom stereocenters. The molecule has 7 nitrogen and oxygen atoms in total. The Morgan fingerprint density at radius 3 is 3.04 bits per heavy atom. The number of hydrogen-bond acceptors (Lipinski definition) is 6. The summed E-state index contributed by atoms with van der Waals surface area (Å²) in [5, 5.41) is 7.11. The Morgan fingerprint density at radius 2 is 2.28 bits per heavy atom. The fraction of sp³-hybridized carbons (Fsp3) is 0.412. The summed E-state index contributed by atoms with van der Waals surface area (Å²) in [6.45, 7) is 1.34. The standard InChI is InChI=1S/C17H19ClN2O5/c1-22-16-7-11(18)4-5-15(16)24-10-13-8-14(20-25-13)17(21)19-9-12-3-2-6-23-12/h4-5,7-8,12H,2-3,6,9-10H2,1H3,(H,19,21)/t12-/m1/s1. The van der Waals surface area contributed by atoms with Crippen molar-refractivity contribution in [2.75, 3.05) is 20.3 Å². The summed E-state index contributed by atoms with van der Waals surface area (Å²) in [7, 11) is 1.53. The molecule has 1 aliphatic rings. The number of methoxy groups -OCH3 is 1. The van der Waals surface area contributed by atoms with Crippen LogP contribution in [0.5, 0.6) is 11.5 Å². The van der Waals surface area contributed by atoms with E-state index < -0.39 is 0 Å². The second-order valence-corrected chi connectivity index (χ2v) is 6.04. The molecule has 1 aromatic heterocycles. The van der Waals surface area contributed by atoms with Gasteiger partial charge in [-0.2, -0.15) is 0 Å². The minimum absolute atomic E-state index is 0.0797. The van der Waals surface area contributed by atoms with E-state index in [0.29, 0.717) is 28.8 Å². The van der Waals surface area contributed by atoms with Crippen molar-refractivity contribution in [3.05, 3.63) is 40.7 Å². The van der Waals surface area contributed by atoms with Gasteiger partial charge in [-0.25, -0.2) is 0 Å². The summed E-state index contributed by atoms with van der Waals surface area (Å²) in [5.41, 5.74) is 0.208. The van der Waals surface area contributed by atoms with Crippen molar-refractivity contribution in [2.24, 2.45) is 0 Å². The Kier molecular flexibility index (Phi) is 5.78. The van der Waals surface area contributed by atoms with Crippen molar-refractivity contribution in [3.8, 4) is 11.5 Å². The molecule has 0 saturated carbocycles. The van der Waals surface area contributed by atoms with Crippen LogP contribution in [-0.4, -0.2) is 37.4 Å². The molecule has 1 fully saturated rings. The molecule has 1 saturated heterocycles. The third kappa shape index (κ3) is 4.64. The minimum atomic E-state index is -0.297. The SMILES string of the molecule is COc1cc(Cl)ccc1OCc1cc(C(=O)NC[C@H]2CCCO2)no1. The largest absolute Gasteiger partial charge is 0.493 e. The molecule has 1 N–H and O–H groups in total. The first kappa shape index (κ1) is 17.6. The van der Waals surface area contributed by atoms with Crippen LogP contribution in [0, 0.1) is 0 Å². The lowest BCUT2D eigenvalue weighted by Crippen LogP contribution is -2.31. The molecule has 25 heavy (non-hydrogen) atoms. The van der Waals surface area contributed by atoms with E-state index in [9.17, 15) is 4.79 Å². The first-order valence-electron chi connectivity index (χ1n) is 7.97.